The molecule has 0 bridgehead atoms. The first-order valence-corrected chi connectivity index (χ1v) is 10.6. The zero-order chi connectivity index (χ0) is 22.7. The number of nitrogens with zero attached hydrogens (tertiary/aromatic N) is 2. The van der Waals surface area contributed by atoms with E-state index in [1.807, 2.05) is 24.3 Å². The molecule has 3 aromatic rings. The van der Waals surface area contributed by atoms with Gasteiger partial charge in [-0.15, -0.1) is 0 Å². The Morgan fingerprint density at radius 1 is 0.875 bits per heavy atom. The van der Waals surface area contributed by atoms with E-state index < -0.39 is 0 Å². The number of rotatable bonds is 7. The highest BCUT2D eigenvalue weighted by Gasteiger charge is 2.29. The van der Waals surface area contributed by atoms with Crippen molar-refractivity contribution in [2.45, 2.75) is 25.6 Å². The van der Waals surface area contributed by atoms with Crippen LogP contribution in [-0.4, -0.2) is 49.6 Å². The second-order valence-electron chi connectivity index (χ2n) is 7.78. The maximum Gasteiger partial charge on any atom is 0.203 e. The average molecular weight is 439 g/mol. The lowest BCUT2D eigenvalue weighted by Crippen LogP contribution is -2.29. The van der Waals surface area contributed by atoms with Crippen molar-refractivity contribution in [1.82, 2.24) is 9.47 Å². The highest BCUT2D eigenvalue weighted by atomic mass is 16.5. The first-order valence-electron chi connectivity index (χ1n) is 10.6. The summed E-state index contributed by atoms with van der Waals surface area (Å²) in [6, 6.07) is 13.7. The van der Waals surface area contributed by atoms with Gasteiger partial charge in [0.1, 0.15) is 0 Å². The number of methoxy groups -OCH3 is 4. The molecule has 1 aliphatic rings. The fourth-order valence-corrected chi connectivity index (χ4v) is 4.57. The Labute approximate surface area is 188 Å². The van der Waals surface area contributed by atoms with Crippen LogP contribution in [0.3, 0.4) is 0 Å². The Morgan fingerprint density at radius 3 is 2.31 bits per heavy atom. The normalized spacial score (nSPS) is 16.2. The molecule has 1 aromatic heterocycles. The third-order valence-corrected chi connectivity index (χ3v) is 6.03. The van der Waals surface area contributed by atoms with Gasteiger partial charge in [-0.25, -0.2) is 0 Å². The van der Waals surface area contributed by atoms with Gasteiger partial charge in [-0.2, -0.15) is 0 Å². The van der Waals surface area contributed by atoms with E-state index >= 15 is 0 Å². The molecule has 32 heavy (non-hydrogen) atoms. The lowest BCUT2D eigenvalue weighted by Gasteiger charge is -2.31. The first-order chi connectivity index (χ1) is 15.6. The first kappa shape index (κ1) is 21.9. The van der Waals surface area contributed by atoms with Crippen molar-refractivity contribution in [2.24, 2.45) is 0 Å². The van der Waals surface area contributed by atoms with E-state index in [9.17, 15) is 5.11 Å². The number of hydrogen-bond donors (Lipinski definition) is 1. The summed E-state index contributed by atoms with van der Waals surface area (Å²) in [7, 11) is 6.44. The van der Waals surface area contributed by atoms with Crippen molar-refractivity contribution in [3.63, 3.8) is 0 Å². The van der Waals surface area contributed by atoms with Crippen LogP contribution in [0.5, 0.6) is 28.7 Å². The van der Waals surface area contributed by atoms with Gasteiger partial charge in [-0.1, -0.05) is 12.1 Å². The molecule has 0 amide bonds. The van der Waals surface area contributed by atoms with Crippen LogP contribution in [0.2, 0.25) is 0 Å². The van der Waals surface area contributed by atoms with Crippen LogP contribution < -0.4 is 18.9 Å². The molecule has 4 rings (SSSR count). The highest BCUT2D eigenvalue weighted by Crippen LogP contribution is 2.42. The summed E-state index contributed by atoms with van der Waals surface area (Å²) in [6.45, 7) is 2.48. The summed E-state index contributed by atoms with van der Waals surface area (Å²) in [5.41, 5.74) is 3.20. The lowest BCUT2D eigenvalue weighted by molar-refractivity contribution is 0.215. The molecule has 7 nitrogen and oxygen atoms in total. The molecule has 0 aliphatic carbocycles. The Kier molecular flexibility index (Phi) is 6.46. The summed E-state index contributed by atoms with van der Waals surface area (Å²) < 4.78 is 24.3. The maximum atomic E-state index is 10.5. The van der Waals surface area contributed by atoms with Gasteiger partial charge in [0.2, 0.25) is 5.75 Å². The summed E-state index contributed by atoms with van der Waals surface area (Å²) in [5, 5.41) is 10.5. The Bertz CT molecular complexity index is 1080. The molecular weight excluding hydrogens is 408 g/mol. The van der Waals surface area contributed by atoms with Crippen molar-refractivity contribution >= 4 is 0 Å². The molecule has 2 aromatic carbocycles. The lowest BCUT2D eigenvalue weighted by atomic mass is 10.00. The standard InChI is InChI=1S/C25H30N2O5/c1-29-21-10-8-17(15-20(21)28)23-19-7-5-12-26(19)13-6-14-27(23)16-18-9-11-22(30-2)25(32-4)24(18)31-3/h5,7-12,15,23,28H,6,13-14,16H2,1-4H3. The second-order valence-corrected chi connectivity index (χ2v) is 7.78. The number of hydrogen-bond acceptors (Lipinski definition) is 6. The molecule has 0 saturated carbocycles. The van der Waals surface area contributed by atoms with Crippen molar-refractivity contribution < 1.29 is 24.1 Å². The van der Waals surface area contributed by atoms with E-state index in [4.69, 9.17) is 18.9 Å². The number of aryl methyl sites for hydroxylation is 1. The van der Waals surface area contributed by atoms with Crippen LogP contribution in [0.25, 0.3) is 0 Å². The zero-order valence-electron chi connectivity index (χ0n) is 19.0. The van der Waals surface area contributed by atoms with E-state index in [1.54, 1.807) is 34.5 Å². The topological polar surface area (TPSA) is 65.3 Å². The molecule has 1 N–H and O–H groups in total. The molecule has 0 saturated heterocycles. The quantitative estimate of drug-likeness (QED) is 0.596. The number of aromatic hydroxyl groups is 1. The number of fused-ring (bicyclic) bond motifs is 1. The molecule has 7 heteroatoms. The third-order valence-electron chi connectivity index (χ3n) is 6.03. The van der Waals surface area contributed by atoms with Gasteiger partial charge in [0, 0.05) is 37.1 Å². The number of ether oxygens (including phenoxy) is 4. The van der Waals surface area contributed by atoms with Crippen LogP contribution in [0.1, 0.15) is 29.3 Å². The minimum Gasteiger partial charge on any atom is -0.504 e. The number of phenolic OH excluding ortho intramolecular Hbond substituents is 1. The average Bonchev–Trinajstić information content (AvgIpc) is 3.19. The number of benzene rings is 2. The largest absolute Gasteiger partial charge is 0.504 e. The molecule has 0 fully saturated rings. The fourth-order valence-electron chi connectivity index (χ4n) is 4.57. The number of phenols is 1. The van der Waals surface area contributed by atoms with Crippen LogP contribution in [-0.2, 0) is 13.1 Å². The van der Waals surface area contributed by atoms with Crippen molar-refractivity contribution in [3.8, 4) is 28.7 Å². The van der Waals surface area contributed by atoms with Gasteiger partial charge in [0.05, 0.1) is 34.5 Å². The van der Waals surface area contributed by atoms with Gasteiger partial charge in [-0.3, -0.25) is 4.90 Å². The summed E-state index contributed by atoms with van der Waals surface area (Å²) in [4.78, 5) is 2.41. The van der Waals surface area contributed by atoms with E-state index in [0.29, 0.717) is 29.5 Å². The predicted octanol–water partition coefficient (Wildman–Crippen LogP) is 4.22. The SMILES string of the molecule is COc1ccc(C2c3cccn3CCCN2Cc2ccc(OC)c(OC)c2OC)cc1O. The van der Waals surface area contributed by atoms with E-state index in [-0.39, 0.29) is 11.8 Å². The Hall–Kier alpha value is -3.32. The van der Waals surface area contributed by atoms with Gasteiger partial charge < -0.3 is 28.6 Å². The van der Waals surface area contributed by atoms with Crippen LogP contribution in [0.4, 0.5) is 0 Å². The minimum atomic E-state index is -0.0397. The smallest absolute Gasteiger partial charge is 0.203 e. The molecule has 0 radical (unpaired) electrons. The summed E-state index contributed by atoms with van der Waals surface area (Å²) >= 11 is 0. The van der Waals surface area contributed by atoms with E-state index in [1.165, 1.54) is 5.69 Å². The monoisotopic (exact) mass is 438 g/mol. The molecule has 0 spiro atoms. The highest BCUT2D eigenvalue weighted by molar-refractivity contribution is 5.56. The number of aromatic nitrogens is 1. The van der Waals surface area contributed by atoms with Crippen molar-refractivity contribution in [1.29, 1.82) is 0 Å². The van der Waals surface area contributed by atoms with Gasteiger partial charge in [0.15, 0.2) is 23.0 Å². The Balaban J connectivity index is 1.78. The van der Waals surface area contributed by atoms with Crippen molar-refractivity contribution in [2.75, 3.05) is 35.0 Å². The van der Waals surface area contributed by atoms with Crippen molar-refractivity contribution in [3.05, 3.63) is 65.5 Å². The minimum absolute atomic E-state index is 0.0397. The molecule has 2 heterocycles. The molecule has 1 aliphatic heterocycles. The van der Waals surface area contributed by atoms with Crippen LogP contribution >= 0.6 is 0 Å². The van der Waals surface area contributed by atoms with Crippen LogP contribution in [0.15, 0.2) is 48.7 Å². The molecule has 1 atom stereocenters. The second kappa shape index (κ2) is 9.44. The van der Waals surface area contributed by atoms with E-state index in [0.717, 1.165) is 30.6 Å². The summed E-state index contributed by atoms with van der Waals surface area (Å²) in [5.74, 6) is 2.49. The molecule has 170 valence electrons. The predicted molar refractivity (Wildman–Crippen MR) is 122 cm³/mol. The van der Waals surface area contributed by atoms with Crippen LogP contribution in [0, 0.1) is 0 Å². The van der Waals surface area contributed by atoms with E-state index in [2.05, 4.69) is 27.8 Å². The molecular formula is C25H30N2O5. The third kappa shape index (κ3) is 3.96. The Morgan fingerprint density at radius 2 is 1.62 bits per heavy atom. The maximum absolute atomic E-state index is 10.5. The van der Waals surface area contributed by atoms with Gasteiger partial charge in [0.25, 0.3) is 0 Å². The summed E-state index contributed by atoms with van der Waals surface area (Å²) in [6.07, 6.45) is 3.13. The molecule has 1 unspecified atom stereocenters. The van der Waals surface area contributed by atoms with Gasteiger partial charge in [-0.05, 0) is 42.3 Å². The zero-order valence-corrected chi connectivity index (χ0v) is 19.0. The van der Waals surface area contributed by atoms with Gasteiger partial charge >= 0.3 is 0 Å². The fraction of sp³-hybridized carbons (Fsp3) is 0.360.